The van der Waals surface area contributed by atoms with Gasteiger partial charge in [-0.15, -0.1) is 0 Å². The van der Waals surface area contributed by atoms with Crippen LogP contribution in [0.4, 0.5) is 5.69 Å². The molecule has 1 aromatic heterocycles. The third-order valence-corrected chi connectivity index (χ3v) is 8.54. The van der Waals surface area contributed by atoms with Crippen LogP contribution in [0.15, 0.2) is 170 Å². The number of hydrogen-bond acceptors (Lipinski definition) is 3. The lowest BCUT2D eigenvalue weighted by Crippen LogP contribution is -2.00. The Morgan fingerprint density at radius 3 is 1.10 bits per heavy atom. The molecule has 8 aromatic rings. The van der Waals surface area contributed by atoms with Crippen LogP contribution in [0.3, 0.4) is 0 Å². The molecular weight excluding hydrogens is 585 g/mol. The van der Waals surface area contributed by atoms with Crippen LogP contribution in [0.2, 0.25) is 0 Å². The summed E-state index contributed by atoms with van der Waals surface area (Å²) in [7, 11) is 0. The van der Waals surface area contributed by atoms with E-state index in [1.54, 1.807) is 0 Å². The molecule has 0 aliphatic heterocycles. The van der Waals surface area contributed by atoms with Crippen molar-refractivity contribution in [3.05, 3.63) is 181 Å². The monoisotopic (exact) mass is 612 g/mol. The summed E-state index contributed by atoms with van der Waals surface area (Å²) in [6.07, 6.45) is 0. The quantitative estimate of drug-likeness (QED) is 0.175. The van der Waals surface area contributed by atoms with E-state index in [2.05, 4.69) is 89.8 Å². The molecule has 1 heterocycles. The van der Waals surface area contributed by atoms with Crippen molar-refractivity contribution in [1.82, 2.24) is 15.0 Å². The second-order valence-corrected chi connectivity index (χ2v) is 11.6. The van der Waals surface area contributed by atoms with E-state index < -0.39 is 0 Å². The number of hydrogen-bond donors (Lipinski definition) is 0. The first-order chi connectivity index (χ1) is 23.7. The molecule has 48 heavy (non-hydrogen) atoms. The molecule has 0 atom stereocenters. The van der Waals surface area contributed by atoms with Crippen LogP contribution in [-0.4, -0.2) is 15.0 Å². The molecule has 7 aromatic carbocycles. The first-order valence-corrected chi connectivity index (χ1v) is 15.8. The summed E-state index contributed by atoms with van der Waals surface area (Å²) in [6.45, 7) is 7.30. The highest BCUT2D eigenvalue weighted by molar-refractivity contribution is 5.91. The Bertz CT molecular complexity index is 2370. The summed E-state index contributed by atoms with van der Waals surface area (Å²) < 4.78 is 0. The van der Waals surface area contributed by atoms with Gasteiger partial charge >= 0.3 is 0 Å². The third-order valence-electron chi connectivity index (χ3n) is 8.54. The molecule has 4 nitrogen and oxygen atoms in total. The minimum atomic E-state index is 0.644. The Labute approximate surface area is 279 Å². The smallest absolute Gasteiger partial charge is 0.187 e. The van der Waals surface area contributed by atoms with E-state index in [1.165, 1.54) is 16.3 Å². The van der Waals surface area contributed by atoms with Gasteiger partial charge < -0.3 is 0 Å². The molecule has 8 rings (SSSR count). The van der Waals surface area contributed by atoms with Gasteiger partial charge in [0.15, 0.2) is 23.2 Å². The van der Waals surface area contributed by atoms with Gasteiger partial charge in [-0.25, -0.2) is 19.8 Å². The molecule has 0 amide bonds. The molecule has 0 fully saturated rings. The lowest BCUT2D eigenvalue weighted by atomic mass is 9.96. The van der Waals surface area contributed by atoms with E-state index in [1.807, 2.05) is 84.9 Å². The van der Waals surface area contributed by atoms with Crippen molar-refractivity contribution >= 4 is 16.5 Å². The van der Waals surface area contributed by atoms with Crippen LogP contribution in [-0.2, 0) is 0 Å². The Kier molecular flexibility index (Phi) is 7.54. The Morgan fingerprint density at radius 1 is 0.312 bits per heavy atom. The first-order valence-electron chi connectivity index (χ1n) is 15.8. The predicted octanol–water partition coefficient (Wildman–Crippen LogP) is 11.6. The normalized spacial score (nSPS) is 10.9. The van der Waals surface area contributed by atoms with Crippen molar-refractivity contribution < 1.29 is 0 Å². The summed E-state index contributed by atoms with van der Waals surface area (Å²) in [4.78, 5) is 18.1. The maximum absolute atomic E-state index is 7.30. The number of rotatable bonds is 6. The second kappa shape index (κ2) is 12.6. The third kappa shape index (κ3) is 5.85. The molecule has 0 bridgehead atoms. The van der Waals surface area contributed by atoms with Gasteiger partial charge in [0, 0.05) is 16.7 Å². The minimum Gasteiger partial charge on any atom is -0.238 e. The van der Waals surface area contributed by atoms with E-state index in [9.17, 15) is 0 Å². The van der Waals surface area contributed by atoms with E-state index in [0.717, 1.165) is 44.5 Å². The van der Waals surface area contributed by atoms with Gasteiger partial charge in [-0.1, -0.05) is 152 Å². The van der Waals surface area contributed by atoms with Gasteiger partial charge in [-0.2, -0.15) is 0 Å². The molecule has 0 saturated heterocycles. The molecule has 0 spiro atoms. The maximum atomic E-state index is 7.30. The van der Waals surface area contributed by atoms with E-state index in [0.29, 0.717) is 23.2 Å². The maximum Gasteiger partial charge on any atom is 0.187 e. The number of nitrogens with zero attached hydrogens (tertiary/aromatic N) is 4. The summed E-state index contributed by atoms with van der Waals surface area (Å²) in [5.74, 6) is 1.95. The van der Waals surface area contributed by atoms with Crippen molar-refractivity contribution in [2.75, 3.05) is 0 Å². The van der Waals surface area contributed by atoms with Gasteiger partial charge in [0.05, 0.1) is 6.57 Å². The van der Waals surface area contributed by atoms with Crippen molar-refractivity contribution in [3.8, 4) is 67.5 Å². The average Bonchev–Trinajstić information content (AvgIpc) is 3.18. The minimum absolute atomic E-state index is 0.644. The lowest BCUT2D eigenvalue weighted by Gasteiger charge is -2.10. The molecule has 0 aliphatic carbocycles. The van der Waals surface area contributed by atoms with E-state index in [-0.39, 0.29) is 0 Å². The topological polar surface area (TPSA) is 43.0 Å². The highest BCUT2D eigenvalue weighted by atomic mass is 15.0. The zero-order valence-electron chi connectivity index (χ0n) is 26.0. The van der Waals surface area contributed by atoms with Crippen LogP contribution < -0.4 is 0 Å². The fourth-order valence-corrected chi connectivity index (χ4v) is 5.96. The average molecular weight is 613 g/mol. The van der Waals surface area contributed by atoms with Gasteiger partial charge in [-0.3, -0.25) is 0 Å². The second-order valence-electron chi connectivity index (χ2n) is 11.6. The molecule has 4 heteroatoms. The molecule has 0 N–H and O–H groups in total. The van der Waals surface area contributed by atoms with Gasteiger partial charge in [0.1, 0.15) is 0 Å². The summed E-state index contributed by atoms with van der Waals surface area (Å²) >= 11 is 0. The Balaban J connectivity index is 1.06. The molecule has 0 aliphatic rings. The predicted molar refractivity (Wildman–Crippen MR) is 196 cm³/mol. The zero-order chi connectivity index (χ0) is 32.3. The molecule has 0 saturated carbocycles. The van der Waals surface area contributed by atoms with Crippen LogP contribution in [0.25, 0.3) is 83.2 Å². The number of fused-ring (bicyclic) bond motifs is 1. The van der Waals surface area contributed by atoms with Gasteiger partial charge in [0.2, 0.25) is 0 Å². The molecule has 224 valence electrons. The van der Waals surface area contributed by atoms with E-state index in [4.69, 9.17) is 21.5 Å². The molecule has 0 unspecified atom stereocenters. The first kappa shape index (κ1) is 28.8. The van der Waals surface area contributed by atoms with Crippen LogP contribution >= 0.6 is 0 Å². The fraction of sp³-hybridized carbons (Fsp3) is 0. The SMILES string of the molecule is [C-]#[N+]c1cccc(-c2ccc(-c3ccc4cc(-c5ccc(-c6nc(-c7ccccc7)nc(-c7ccccc7)n6)cc5)ccc4c3)cc2)c1. The standard InChI is InChI=1S/C44H28N4/c1-45-41-14-8-13-36(29-41)30-15-17-31(18-16-30)37-23-25-40-28-38(24-26-39(40)27-37)32-19-21-35(22-20-32)44-47-42(33-9-4-2-5-10-33)46-43(48-44)34-11-6-3-7-12-34/h2-29H. The highest BCUT2D eigenvalue weighted by Crippen LogP contribution is 2.32. The van der Waals surface area contributed by atoms with Crippen molar-refractivity contribution in [2.45, 2.75) is 0 Å². The summed E-state index contributed by atoms with van der Waals surface area (Å²) in [6, 6.07) is 58.0. The fourth-order valence-electron chi connectivity index (χ4n) is 5.96. The lowest BCUT2D eigenvalue weighted by molar-refractivity contribution is 1.07. The number of aromatic nitrogens is 3. The van der Waals surface area contributed by atoms with Gasteiger partial charge in [0.25, 0.3) is 0 Å². The van der Waals surface area contributed by atoms with Crippen molar-refractivity contribution in [1.29, 1.82) is 0 Å². The van der Waals surface area contributed by atoms with Crippen molar-refractivity contribution in [2.24, 2.45) is 0 Å². The largest absolute Gasteiger partial charge is 0.238 e. The van der Waals surface area contributed by atoms with Gasteiger partial charge in [-0.05, 0) is 62.4 Å². The van der Waals surface area contributed by atoms with Crippen molar-refractivity contribution in [3.63, 3.8) is 0 Å². The Hall–Kier alpha value is -6.70. The summed E-state index contributed by atoms with van der Waals surface area (Å²) in [5, 5.41) is 2.37. The van der Waals surface area contributed by atoms with E-state index >= 15 is 0 Å². The number of benzene rings is 7. The summed E-state index contributed by atoms with van der Waals surface area (Å²) in [5.41, 5.74) is 10.3. The van der Waals surface area contributed by atoms with Crippen LogP contribution in [0, 0.1) is 6.57 Å². The van der Waals surface area contributed by atoms with Crippen LogP contribution in [0.5, 0.6) is 0 Å². The van der Waals surface area contributed by atoms with Crippen LogP contribution in [0.1, 0.15) is 0 Å². The Morgan fingerprint density at radius 2 is 0.667 bits per heavy atom. The zero-order valence-corrected chi connectivity index (χ0v) is 26.0. The molecular formula is C44H28N4. The molecule has 0 radical (unpaired) electrons. The highest BCUT2D eigenvalue weighted by Gasteiger charge is 2.12.